The minimum atomic E-state index is -0.0542. The zero-order valence-electron chi connectivity index (χ0n) is 19.6. The van der Waals surface area contributed by atoms with Crippen LogP contribution in [0.3, 0.4) is 0 Å². The summed E-state index contributed by atoms with van der Waals surface area (Å²) in [4.78, 5) is 38.2. The first-order valence-corrected chi connectivity index (χ1v) is 12.2. The molecule has 2 saturated heterocycles. The van der Waals surface area contributed by atoms with Crippen molar-refractivity contribution in [3.05, 3.63) is 41.6 Å². The fraction of sp³-hybridized carbons (Fsp3) is 0.520. The van der Waals surface area contributed by atoms with Gasteiger partial charge in [-0.1, -0.05) is 0 Å². The first-order valence-electron chi connectivity index (χ1n) is 12.2. The highest BCUT2D eigenvalue weighted by molar-refractivity contribution is 6.05. The first-order chi connectivity index (χ1) is 16.6. The van der Waals surface area contributed by atoms with Crippen molar-refractivity contribution in [1.82, 2.24) is 20.2 Å². The summed E-state index contributed by atoms with van der Waals surface area (Å²) in [5, 5.41) is 6.75. The van der Waals surface area contributed by atoms with E-state index in [0.29, 0.717) is 42.9 Å². The third-order valence-corrected chi connectivity index (χ3v) is 6.97. The Bertz CT molecular complexity index is 1050. The molecule has 2 amide bonds. The van der Waals surface area contributed by atoms with Crippen LogP contribution in [0, 0.1) is 5.92 Å². The van der Waals surface area contributed by atoms with E-state index in [4.69, 9.17) is 9.72 Å². The lowest BCUT2D eigenvalue weighted by Gasteiger charge is -2.30. The topological polar surface area (TPSA) is 99.7 Å². The van der Waals surface area contributed by atoms with E-state index in [1.165, 1.54) is 0 Å². The maximum absolute atomic E-state index is 13.7. The van der Waals surface area contributed by atoms with Crippen LogP contribution in [0.4, 0.5) is 11.8 Å². The molecule has 34 heavy (non-hydrogen) atoms. The number of rotatable bonds is 6. The number of carbonyl (C=O) groups is 2. The van der Waals surface area contributed by atoms with Gasteiger partial charge in [-0.25, -0.2) is 4.98 Å². The Morgan fingerprint density at radius 1 is 1.24 bits per heavy atom. The standard InChI is InChI=1S/C25H32N6O3/c1-17(32)30-12-7-21(16-30)28-25-27-11-6-23(29-25)31(15-18-4-9-26-10-5-18)24(33)20-2-3-22-19(14-20)8-13-34-22/h2-3,6,11,14,18,21,26H,4-5,7-10,12-13,15-16H2,1H3,(H,27,28,29). The highest BCUT2D eigenvalue weighted by atomic mass is 16.5. The molecule has 1 unspecified atom stereocenters. The van der Waals surface area contributed by atoms with E-state index in [0.717, 1.165) is 56.6 Å². The molecular weight excluding hydrogens is 432 g/mol. The van der Waals surface area contributed by atoms with Gasteiger partial charge in [0, 0.05) is 50.8 Å². The van der Waals surface area contributed by atoms with Crippen molar-refractivity contribution in [3.8, 4) is 5.75 Å². The lowest BCUT2D eigenvalue weighted by atomic mass is 9.97. The van der Waals surface area contributed by atoms with Crippen LogP contribution in [0.1, 0.15) is 42.1 Å². The summed E-state index contributed by atoms with van der Waals surface area (Å²) in [6.07, 6.45) is 5.43. The number of piperidine rings is 1. The number of amides is 2. The Morgan fingerprint density at radius 3 is 2.88 bits per heavy atom. The monoisotopic (exact) mass is 464 g/mol. The van der Waals surface area contributed by atoms with E-state index in [1.807, 2.05) is 23.1 Å². The fourth-order valence-electron chi connectivity index (χ4n) is 4.99. The van der Waals surface area contributed by atoms with E-state index >= 15 is 0 Å². The molecule has 0 bridgehead atoms. The average Bonchev–Trinajstić information content (AvgIpc) is 3.52. The quantitative estimate of drug-likeness (QED) is 0.675. The molecule has 1 aromatic carbocycles. The van der Waals surface area contributed by atoms with Crippen molar-refractivity contribution in [1.29, 1.82) is 0 Å². The third kappa shape index (κ3) is 4.99. The van der Waals surface area contributed by atoms with Gasteiger partial charge >= 0.3 is 0 Å². The van der Waals surface area contributed by atoms with Crippen molar-refractivity contribution in [3.63, 3.8) is 0 Å². The number of aromatic nitrogens is 2. The second kappa shape index (κ2) is 9.97. The molecule has 2 fully saturated rings. The van der Waals surface area contributed by atoms with Gasteiger partial charge in [-0.2, -0.15) is 4.98 Å². The molecule has 0 aliphatic carbocycles. The van der Waals surface area contributed by atoms with Crippen molar-refractivity contribution in [2.24, 2.45) is 5.92 Å². The van der Waals surface area contributed by atoms with Gasteiger partial charge in [0.2, 0.25) is 11.9 Å². The zero-order valence-corrected chi connectivity index (χ0v) is 19.6. The van der Waals surface area contributed by atoms with Crippen LogP contribution in [0.2, 0.25) is 0 Å². The van der Waals surface area contributed by atoms with E-state index in [2.05, 4.69) is 15.6 Å². The van der Waals surface area contributed by atoms with Crippen LogP contribution >= 0.6 is 0 Å². The molecule has 2 N–H and O–H groups in total. The number of likely N-dealkylation sites (tertiary alicyclic amines) is 1. The molecule has 0 saturated carbocycles. The number of benzene rings is 1. The molecule has 2 aromatic rings. The Kier molecular flexibility index (Phi) is 6.62. The second-order valence-electron chi connectivity index (χ2n) is 9.36. The Morgan fingerprint density at radius 2 is 2.09 bits per heavy atom. The summed E-state index contributed by atoms with van der Waals surface area (Å²) in [5.41, 5.74) is 1.73. The second-order valence-corrected chi connectivity index (χ2v) is 9.36. The minimum Gasteiger partial charge on any atom is -0.493 e. The average molecular weight is 465 g/mol. The molecule has 1 aromatic heterocycles. The summed E-state index contributed by atoms with van der Waals surface area (Å²) >= 11 is 0. The maximum Gasteiger partial charge on any atom is 0.259 e. The van der Waals surface area contributed by atoms with Crippen LogP contribution in [0.25, 0.3) is 0 Å². The normalized spacial score (nSPS) is 20.0. The molecular formula is C25H32N6O3. The fourth-order valence-corrected chi connectivity index (χ4v) is 4.99. The first kappa shape index (κ1) is 22.6. The van der Waals surface area contributed by atoms with E-state index in [-0.39, 0.29) is 17.9 Å². The van der Waals surface area contributed by atoms with Crippen molar-refractivity contribution in [2.75, 3.05) is 49.5 Å². The van der Waals surface area contributed by atoms with Gasteiger partial charge in [-0.3, -0.25) is 14.5 Å². The number of carbonyl (C=O) groups excluding carboxylic acids is 2. The highest BCUT2D eigenvalue weighted by Crippen LogP contribution is 2.28. The Balaban J connectivity index is 1.38. The Labute approximate surface area is 199 Å². The smallest absolute Gasteiger partial charge is 0.259 e. The van der Waals surface area contributed by atoms with Crippen molar-refractivity contribution < 1.29 is 14.3 Å². The largest absolute Gasteiger partial charge is 0.493 e. The molecule has 180 valence electrons. The predicted molar refractivity (Wildman–Crippen MR) is 129 cm³/mol. The summed E-state index contributed by atoms with van der Waals surface area (Å²) in [5.74, 6) is 2.39. The van der Waals surface area contributed by atoms with Gasteiger partial charge in [0.05, 0.1) is 6.61 Å². The summed E-state index contributed by atoms with van der Waals surface area (Å²) in [6.45, 7) is 6.17. The minimum absolute atomic E-state index is 0.0542. The molecule has 5 rings (SSSR count). The van der Waals surface area contributed by atoms with Crippen LogP contribution < -0.4 is 20.3 Å². The SMILES string of the molecule is CC(=O)N1CCC(Nc2nccc(N(CC3CCNCC3)C(=O)c3ccc4c(c3)CCO4)n2)C1. The van der Waals surface area contributed by atoms with Crippen LogP contribution in [-0.4, -0.2) is 72.1 Å². The summed E-state index contributed by atoms with van der Waals surface area (Å²) in [7, 11) is 0. The lowest BCUT2D eigenvalue weighted by molar-refractivity contribution is -0.127. The van der Waals surface area contributed by atoms with Gasteiger partial charge in [0.25, 0.3) is 5.91 Å². The van der Waals surface area contributed by atoms with Gasteiger partial charge in [-0.15, -0.1) is 0 Å². The Hall–Kier alpha value is -3.20. The number of nitrogens with zero attached hydrogens (tertiary/aromatic N) is 4. The molecule has 9 nitrogen and oxygen atoms in total. The van der Waals surface area contributed by atoms with Crippen molar-refractivity contribution >= 4 is 23.6 Å². The number of anilines is 2. The number of hydrogen-bond donors (Lipinski definition) is 2. The van der Waals surface area contributed by atoms with E-state index in [9.17, 15) is 9.59 Å². The molecule has 3 aliphatic heterocycles. The number of nitrogens with one attached hydrogen (secondary N) is 2. The van der Waals surface area contributed by atoms with Crippen molar-refractivity contribution in [2.45, 2.75) is 38.6 Å². The van der Waals surface area contributed by atoms with E-state index in [1.54, 1.807) is 24.1 Å². The van der Waals surface area contributed by atoms with Crippen LogP contribution in [-0.2, 0) is 11.2 Å². The summed E-state index contributed by atoms with van der Waals surface area (Å²) in [6, 6.07) is 7.60. The molecule has 9 heteroatoms. The predicted octanol–water partition coefficient (Wildman–Crippen LogP) is 2.09. The van der Waals surface area contributed by atoms with Crippen LogP contribution in [0.15, 0.2) is 30.5 Å². The molecule has 3 aliphatic rings. The van der Waals surface area contributed by atoms with Gasteiger partial charge in [0.15, 0.2) is 0 Å². The van der Waals surface area contributed by atoms with Gasteiger partial charge < -0.3 is 20.3 Å². The summed E-state index contributed by atoms with van der Waals surface area (Å²) < 4.78 is 5.62. The molecule has 1 atom stereocenters. The van der Waals surface area contributed by atoms with Crippen LogP contribution in [0.5, 0.6) is 5.75 Å². The lowest BCUT2D eigenvalue weighted by Crippen LogP contribution is -2.40. The number of ether oxygens (including phenoxy) is 1. The molecule has 0 radical (unpaired) electrons. The molecule has 4 heterocycles. The zero-order chi connectivity index (χ0) is 23.5. The van der Waals surface area contributed by atoms with Gasteiger partial charge in [0.1, 0.15) is 11.6 Å². The van der Waals surface area contributed by atoms with Gasteiger partial charge in [-0.05, 0) is 68.1 Å². The third-order valence-electron chi connectivity index (χ3n) is 6.97. The number of hydrogen-bond acceptors (Lipinski definition) is 7. The van der Waals surface area contributed by atoms with E-state index < -0.39 is 0 Å². The highest BCUT2D eigenvalue weighted by Gasteiger charge is 2.27. The maximum atomic E-state index is 13.7. The number of fused-ring (bicyclic) bond motifs is 1. The molecule has 0 spiro atoms.